The van der Waals surface area contributed by atoms with Crippen molar-refractivity contribution in [3.05, 3.63) is 42.0 Å². The third kappa shape index (κ3) is 4.58. The molecule has 6 nitrogen and oxygen atoms in total. The second-order valence-electron chi connectivity index (χ2n) is 8.48. The topological polar surface area (TPSA) is 77.0 Å². The van der Waals surface area contributed by atoms with Gasteiger partial charge in [-0.1, -0.05) is 39.8 Å². The molecule has 3 rings (SSSR count). The van der Waals surface area contributed by atoms with Crippen LogP contribution in [-0.4, -0.2) is 31.5 Å². The van der Waals surface area contributed by atoms with Crippen LogP contribution in [0.4, 0.5) is 4.79 Å². The highest BCUT2D eigenvalue weighted by atomic mass is 16.5. The second kappa shape index (κ2) is 8.23. The predicted octanol–water partition coefficient (Wildman–Crippen LogP) is 5.12. The van der Waals surface area contributed by atoms with Crippen molar-refractivity contribution < 1.29 is 24.1 Å². The Hall–Kier alpha value is -2.89. The largest absolute Gasteiger partial charge is 0.496 e. The number of amides is 1. The number of methoxy groups -OCH3 is 1. The Balaban J connectivity index is 1.97. The summed E-state index contributed by atoms with van der Waals surface area (Å²) < 4.78 is 17.4. The number of ether oxygens (including phenoxy) is 3. The molecule has 1 heterocycles. The average molecular weight is 399 g/mol. The van der Waals surface area contributed by atoms with Gasteiger partial charge >= 0.3 is 6.09 Å². The van der Waals surface area contributed by atoms with Crippen molar-refractivity contribution in [2.24, 2.45) is 11.3 Å². The van der Waals surface area contributed by atoms with E-state index in [9.17, 15) is 9.90 Å². The Labute approximate surface area is 171 Å². The van der Waals surface area contributed by atoms with Crippen molar-refractivity contribution in [2.45, 2.75) is 33.7 Å². The molecule has 2 aromatic rings. The molecular formula is C23H29NO5. The molecule has 29 heavy (non-hydrogen) atoms. The van der Waals surface area contributed by atoms with Gasteiger partial charge in [-0.15, -0.1) is 0 Å². The first-order chi connectivity index (χ1) is 13.7. The van der Waals surface area contributed by atoms with Crippen molar-refractivity contribution in [3.63, 3.8) is 0 Å². The van der Waals surface area contributed by atoms with E-state index in [0.717, 1.165) is 22.4 Å². The van der Waals surface area contributed by atoms with Gasteiger partial charge in [0.1, 0.15) is 17.2 Å². The van der Waals surface area contributed by atoms with Crippen molar-refractivity contribution >= 4 is 6.09 Å². The highest BCUT2D eigenvalue weighted by molar-refractivity contribution is 5.75. The van der Waals surface area contributed by atoms with E-state index in [2.05, 4.69) is 19.2 Å². The molecule has 0 aromatic heterocycles. The third-order valence-corrected chi connectivity index (χ3v) is 5.04. The zero-order chi connectivity index (χ0) is 21.2. The maximum absolute atomic E-state index is 11.3. The smallest absolute Gasteiger partial charge is 0.405 e. The summed E-state index contributed by atoms with van der Waals surface area (Å²) in [6.07, 6.45) is -1.06. The summed E-state index contributed by atoms with van der Waals surface area (Å²) in [6.45, 7) is 9.27. The van der Waals surface area contributed by atoms with Crippen LogP contribution in [0.15, 0.2) is 36.4 Å². The van der Waals surface area contributed by atoms with Crippen LogP contribution < -0.4 is 19.5 Å². The lowest BCUT2D eigenvalue weighted by atomic mass is 9.78. The number of hydrogen-bond donors (Lipinski definition) is 2. The van der Waals surface area contributed by atoms with E-state index in [1.807, 2.05) is 50.2 Å². The lowest BCUT2D eigenvalue weighted by Crippen LogP contribution is -2.43. The van der Waals surface area contributed by atoms with Gasteiger partial charge in [-0.25, -0.2) is 4.79 Å². The SMILES string of the molecule is COc1cc2c(cc1-c1ccc(OCC(C)C)cc1)OCC(C)(C)C2NC(=O)O. The van der Waals surface area contributed by atoms with Crippen molar-refractivity contribution in [1.82, 2.24) is 5.32 Å². The van der Waals surface area contributed by atoms with Crippen LogP contribution in [0.5, 0.6) is 17.2 Å². The zero-order valence-corrected chi connectivity index (χ0v) is 17.6. The highest BCUT2D eigenvalue weighted by Crippen LogP contribution is 2.47. The molecule has 0 fully saturated rings. The quantitative estimate of drug-likeness (QED) is 0.705. The molecular weight excluding hydrogens is 370 g/mol. The molecule has 0 aliphatic carbocycles. The van der Waals surface area contributed by atoms with E-state index in [4.69, 9.17) is 14.2 Å². The molecule has 1 atom stereocenters. The minimum atomic E-state index is -1.06. The number of benzene rings is 2. The molecule has 156 valence electrons. The fraction of sp³-hybridized carbons (Fsp3) is 0.435. The number of nitrogens with one attached hydrogen (secondary N) is 1. The lowest BCUT2D eigenvalue weighted by molar-refractivity contribution is 0.0993. The molecule has 0 saturated heterocycles. The minimum Gasteiger partial charge on any atom is -0.496 e. The van der Waals surface area contributed by atoms with Gasteiger partial charge in [-0.05, 0) is 35.7 Å². The fourth-order valence-corrected chi connectivity index (χ4v) is 3.48. The number of carboxylic acid groups (broad SMARTS) is 1. The second-order valence-corrected chi connectivity index (χ2v) is 8.48. The summed E-state index contributed by atoms with van der Waals surface area (Å²) in [5.41, 5.74) is 2.25. The molecule has 1 unspecified atom stereocenters. The highest BCUT2D eigenvalue weighted by Gasteiger charge is 2.39. The first-order valence-electron chi connectivity index (χ1n) is 9.78. The average Bonchev–Trinajstić information content (AvgIpc) is 2.68. The van der Waals surface area contributed by atoms with Crippen LogP contribution in [0.2, 0.25) is 0 Å². The molecule has 2 aromatic carbocycles. The Kier molecular flexibility index (Phi) is 5.91. The Morgan fingerprint density at radius 1 is 1.28 bits per heavy atom. The maximum Gasteiger partial charge on any atom is 0.405 e. The minimum absolute atomic E-state index is 0.382. The van der Waals surface area contributed by atoms with Crippen LogP contribution in [0.3, 0.4) is 0 Å². The van der Waals surface area contributed by atoms with Gasteiger partial charge < -0.3 is 24.6 Å². The summed E-state index contributed by atoms with van der Waals surface area (Å²) in [7, 11) is 1.61. The number of carbonyl (C=O) groups is 1. The van der Waals surface area contributed by atoms with Crippen molar-refractivity contribution in [3.8, 4) is 28.4 Å². The van der Waals surface area contributed by atoms with Crippen LogP contribution >= 0.6 is 0 Å². The van der Waals surface area contributed by atoms with Crippen molar-refractivity contribution in [1.29, 1.82) is 0 Å². The van der Waals surface area contributed by atoms with E-state index in [-0.39, 0.29) is 5.41 Å². The van der Waals surface area contributed by atoms with Gasteiger partial charge in [0.25, 0.3) is 0 Å². The van der Waals surface area contributed by atoms with Gasteiger partial charge in [0, 0.05) is 16.5 Å². The third-order valence-electron chi connectivity index (χ3n) is 5.04. The lowest BCUT2D eigenvalue weighted by Gasteiger charge is -2.39. The summed E-state index contributed by atoms with van der Waals surface area (Å²) in [4.78, 5) is 11.3. The first kappa shape index (κ1) is 20.8. The molecule has 2 N–H and O–H groups in total. The van der Waals surface area contributed by atoms with E-state index in [0.29, 0.717) is 30.6 Å². The molecule has 1 amide bonds. The van der Waals surface area contributed by atoms with E-state index in [1.165, 1.54) is 0 Å². The van der Waals surface area contributed by atoms with E-state index in [1.54, 1.807) is 7.11 Å². The molecule has 1 aliphatic heterocycles. The molecule has 0 saturated carbocycles. The summed E-state index contributed by atoms with van der Waals surface area (Å²) >= 11 is 0. The molecule has 0 bridgehead atoms. The standard InChI is InChI=1S/C23H29NO5/c1-14(2)12-28-16-8-6-15(7-9-16)17-10-20-18(11-19(17)27-5)21(24-22(25)26)23(3,4)13-29-20/h6-11,14,21,24H,12-13H2,1-5H3,(H,25,26). The van der Waals surface area contributed by atoms with Crippen LogP contribution in [0.1, 0.15) is 39.3 Å². The van der Waals surface area contributed by atoms with Crippen LogP contribution in [-0.2, 0) is 0 Å². The van der Waals surface area contributed by atoms with Gasteiger partial charge in [-0.3, -0.25) is 0 Å². The Bertz CT molecular complexity index is 874. The Morgan fingerprint density at radius 3 is 2.55 bits per heavy atom. The molecule has 1 aliphatic rings. The monoisotopic (exact) mass is 399 g/mol. The summed E-state index contributed by atoms with van der Waals surface area (Å²) in [6, 6.07) is 11.3. The van der Waals surface area contributed by atoms with Gasteiger partial charge in [0.05, 0.1) is 26.4 Å². The Morgan fingerprint density at radius 2 is 1.97 bits per heavy atom. The molecule has 0 radical (unpaired) electrons. The summed E-state index contributed by atoms with van der Waals surface area (Å²) in [5, 5.41) is 11.9. The fourth-order valence-electron chi connectivity index (χ4n) is 3.48. The van der Waals surface area contributed by atoms with Gasteiger partial charge in [0.15, 0.2) is 0 Å². The van der Waals surface area contributed by atoms with Gasteiger partial charge in [-0.2, -0.15) is 0 Å². The predicted molar refractivity (Wildman–Crippen MR) is 112 cm³/mol. The number of hydrogen-bond acceptors (Lipinski definition) is 4. The number of fused-ring (bicyclic) bond motifs is 1. The van der Waals surface area contributed by atoms with Crippen molar-refractivity contribution in [2.75, 3.05) is 20.3 Å². The molecule has 0 spiro atoms. The molecule has 6 heteroatoms. The van der Waals surface area contributed by atoms with E-state index >= 15 is 0 Å². The van der Waals surface area contributed by atoms with E-state index < -0.39 is 12.1 Å². The number of rotatable bonds is 6. The van der Waals surface area contributed by atoms with Gasteiger partial charge in [0.2, 0.25) is 0 Å². The maximum atomic E-state index is 11.3. The zero-order valence-electron chi connectivity index (χ0n) is 17.6. The normalized spacial score (nSPS) is 17.2. The first-order valence-corrected chi connectivity index (χ1v) is 9.78. The van der Waals surface area contributed by atoms with Crippen LogP contribution in [0.25, 0.3) is 11.1 Å². The van der Waals surface area contributed by atoms with Crippen LogP contribution in [0, 0.1) is 11.3 Å². The summed E-state index contributed by atoms with van der Waals surface area (Å²) in [5.74, 6) is 2.62.